The van der Waals surface area contributed by atoms with Gasteiger partial charge < -0.3 is 19.9 Å². The highest BCUT2D eigenvalue weighted by atomic mass is 16.5. The number of hydrogen-bond donors (Lipinski definition) is 2. The minimum atomic E-state index is -1.08. The van der Waals surface area contributed by atoms with Crippen molar-refractivity contribution in [1.82, 2.24) is 5.32 Å². The number of aliphatic carboxylic acids is 1. The minimum Gasteiger partial charge on any atom is -0.497 e. The molecule has 6 heteroatoms. The van der Waals surface area contributed by atoms with Gasteiger partial charge in [0, 0.05) is 0 Å². The SMILES string of the molecule is COC(=O)NC(CCc1ccc(OC)cc1)C(=O)O. The van der Waals surface area contributed by atoms with E-state index in [1.165, 1.54) is 7.11 Å². The van der Waals surface area contributed by atoms with Crippen LogP contribution in [0, 0.1) is 0 Å². The predicted molar refractivity (Wildman–Crippen MR) is 68.3 cm³/mol. The number of carboxylic acids is 1. The third-order valence-electron chi connectivity index (χ3n) is 2.66. The van der Waals surface area contributed by atoms with Gasteiger partial charge >= 0.3 is 12.1 Å². The maximum absolute atomic E-state index is 11.0. The fourth-order valence-corrected chi connectivity index (χ4v) is 1.56. The fourth-order valence-electron chi connectivity index (χ4n) is 1.56. The van der Waals surface area contributed by atoms with Crippen LogP contribution in [-0.4, -0.2) is 37.4 Å². The van der Waals surface area contributed by atoms with Crippen LogP contribution in [0.1, 0.15) is 12.0 Å². The molecule has 0 bridgehead atoms. The normalized spacial score (nSPS) is 11.5. The quantitative estimate of drug-likeness (QED) is 0.814. The van der Waals surface area contributed by atoms with E-state index in [0.29, 0.717) is 6.42 Å². The molecule has 1 aromatic carbocycles. The Kier molecular flexibility index (Phi) is 5.66. The van der Waals surface area contributed by atoms with Gasteiger partial charge in [-0.3, -0.25) is 0 Å². The fraction of sp³-hybridized carbons (Fsp3) is 0.385. The van der Waals surface area contributed by atoms with Gasteiger partial charge in [-0.1, -0.05) is 12.1 Å². The van der Waals surface area contributed by atoms with Crippen molar-refractivity contribution < 1.29 is 24.2 Å². The van der Waals surface area contributed by atoms with Crippen molar-refractivity contribution in [2.24, 2.45) is 0 Å². The average Bonchev–Trinajstić information content (AvgIpc) is 2.43. The van der Waals surface area contributed by atoms with Crippen molar-refractivity contribution in [2.75, 3.05) is 14.2 Å². The molecular formula is C13H17NO5. The molecule has 19 heavy (non-hydrogen) atoms. The molecule has 6 nitrogen and oxygen atoms in total. The Labute approximate surface area is 111 Å². The van der Waals surface area contributed by atoms with Crippen LogP contribution < -0.4 is 10.1 Å². The van der Waals surface area contributed by atoms with Crippen LogP contribution in [0.15, 0.2) is 24.3 Å². The van der Waals surface area contributed by atoms with Gasteiger partial charge in [0.15, 0.2) is 0 Å². The molecule has 0 heterocycles. The van der Waals surface area contributed by atoms with Crippen molar-refractivity contribution in [3.63, 3.8) is 0 Å². The maximum Gasteiger partial charge on any atom is 0.407 e. The van der Waals surface area contributed by atoms with Gasteiger partial charge in [-0.05, 0) is 30.5 Å². The average molecular weight is 267 g/mol. The van der Waals surface area contributed by atoms with E-state index in [1.54, 1.807) is 19.2 Å². The first kappa shape index (κ1) is 14.8. The van der Waals surface area contributed by atoms with E-state index in [2.05, 4.69) is 10.1 Å². The Bertz CT molecular complexity index is 429. The lowest BCUT2D eigenvalue weighted by Gasteiger charge is -2.13. The van der Waals surface area contributed by atoms with Crippen molar-refractivity contribution >= 4 is 12.1 Å². The molecule has 0 aliphatic rings. The second kappa shape index (κ2) is 7.25. The first-order valence-corrected chi connectivity index (χ1v) is 5.77. The van der Waals surface area contributed by atoms with E-state index in [9.17, 15) is 9.59 Å². The molecule has 1 amide bonds. The zero-order chi connectivity index (χ0) is 14.3. The van der Waals surface area contributed by atoms with E-state index in [1.807, 2.05) is 12.1 Å². The lowest BCUT2D eigenvalue weighted by atomic mass is 10.1. The third kappa shape index (κ3) is 4.87. The highest BCUT2D eigenvalue weighted by Gasteiger charge is 2.19. The van der Waals surface area contributed by atoms with E-state index in [0.717, 1.165) is 11.3 Å². The number of alkyl carbamates (subject to hydrolysis) is 1. The van der Waals surface area contributed by atoms with Crippen LogP contribution in [0.2, 0.25) is 0 Å². The van der Waals surface area contributed by atoms with E-state index < -0.39 is 18.1 Å². The zero-order valence-electron chi connectivity index (χ0n) is 10.9. The summed E-state index contributed by atoms with van der Waals surface area (Å²) in [6, 6.07) is 6.36. The van der Waals surface area contributed by atoms with E-state index in [4.69, 9.17) is 9.84 Å². The van der Waals surface area contributed by atoms with Crippen LogP contribution in [-0.2, 0) is 16.0 Å². The monoisotopic (exact) mass is 267 g/mol. The van der Waals surface area contributed by atoms with Crippen LogP contribution >= 0.6 is 0 Å². The van der Waals surface area contributed by atoms with Crippen LogP contribution in [0.3, 0.4) is 0 Å². The molecule has 1 unspecified atom stereocenters. The first-order valence-electron chi connectivity index (χ1n) is 5.77. The lowest BCUT2D eigenvalue weighted by Crippen LogP contribution is -2.41. The molecular weight excluding hydrogens is 250 g/mol. The Morgan fingerprint density at radius 3 is 2.37 bits per heavy atom. The second-order valence-corrected chi connectivity index (χ2v) is 3.91. The molecule has 0 aliphatic carbocycles. The summed E-state index contributed by atoms with van der Waals surface area (Å²) >= 11 is 0. The number of nitrogens with one attached hydrogen (secondary N) is 1. The summed E-state index contributed by atoms with van der Waals surface area (Å²) in [7, 11) is 2.77. The molecule has 0 aromatic heterocycles. The van der Waals surface area contributed by atoms with Gasteiger partial charge in [0.25, 0.3) is 0 Å². The van der Waals surface area contributed by atoms with Gasteiger partial charge in [-0.25, -0.2) is 9.59 Å². The molecule has 1 atom stereocenters. The number of rotatable bonds is 6. The summed E-state index contributed by atoms with van der Waals surface area (Å²) < 4.78 is 9.42. The van der Waals surface area contributed by atoms with Crippen LogP contribution in [0.4, 0.5) is 4.79 Å². The topological polar surface area (TPSA) is 84.9 Å². The molecule has 0 radical (unpaired) electrons. The summed E-state index contributed by atoms with van der Waals surface area (Å²) in [6.45, 7) is 0. The summed E-state index contributed by atoms with van der Waals surface area (Å²) in [5.41, 5.74) is 0.971. The van der Waals surface area contributed by atoms with E-state index >= 15 is 0 Å². The number of carbonyl (C=O) groups excluding carboxylic acids is 1. The first-order chi connectivity index (χ1) is 9.06. The number of hydrogen-bond acceptors (Lipinski definition) is 4. The number of amides is 1. The maximum atomic E-state index is 11.0. The van der Waals surface area contributed by atoms with Gasteiger partial charge in [0.1, 0.15) is 11.8 Å². The molecule has 0 fully saturated rings. The Morgan fingerprint density at radius 1 is 1.26 bits per heavy atom. The largest absolute Gasteiger partial charge is 0.497 e. The van der Waals surface area contributed by atoms with Crippen LogP contribution in [0.5, 0.6) is 5.75 Å². The summed E-state index contributed by atoms with van der Waals surface area (Å²) in [4.78, 5) is 22.0. The standard InChI is InChI=1S/C13H17NO5/c1-18-10-6-3-9(4-7-10)5-8-11(12(15)16)14-13(17)19-2/h3-4,6-7,11H,5,8H2,1-2H3,(H,14,17)(H,15,16). The molecule has 2 N–H and O–H groups in total. The zero-order valence-corrected chi connectivity index (χ0v) is 10.9. The minimum absolute atomic E-state index is 0.288. The number of carbonyl (C=O) groups is 2. The number of methoxy groups -OCH3 is 2. The van der Waals surface area contributed by atoms with Gasteiger partial charge in [0.2, 0.25) is 0 Å². The number of carboxylic acid groups (broad SMARTS) is 1. The second-order valence-electron chi connectivity index (χ2n) is 3.91. The van der Waals surface area contributed by atoms with Gasteiger partial charge in [0.05, 0.1) is 14.2 Å². The van der Waals surface area contributed by atoms with E-state index in [-0.39, 0.29) is 6.42 Å². The number of benzene rings is 1. The van der Waals surface area contributed by atoms with Crippen molar-refractivity contribution in [3.05, 3.63) is 29.8 Å². The number of ether oxygens (including phenoxy) is 2. The summed E-state index contributed by atoms with van der Waals surface area (Å²) in [5.74, 6) is -0.342. The smallest absolute Gasteiger partial charge is 0.407 e. The van der Waals surface area contributed by atoms with Crippen molar-refractivity contribution in [2.45, 2.75) is 18.9 Å². The lowest BCUT2D eigenvalue weighted by molar-refractivity contribution is -0.139. The molecule has 1 aromatic rings. The summed E-state index contributed by atoms with van der Waals surface area (Å²) in [5, 5.41) is 11.3. The molecule has 1 rings (SSSR count). The van der Waals surface area contributed by atoms with Gasteiger partial charge in [-0.2, -0.15) is 0 Å². The third-order valence-corrected chi connectivity index (χ3v) is 2.66. The highest BCUT2D eigenvalue weighted by Crippen LogP contribution is 2.13. The Balaban J connectivity index is 2.55. The van der Waals surface area contributed by atoms with Crippen molar-refractivity contribution in [3.8, 4) is 5.75 Å². The predicted octanol–water partition coefficient (Wildman–Crippen LogP) is 1.44. The van der Waals surface area contributed by atoms with Crippen molar-refractivity contribution in [1.29, 1.82) is 0 Å². The molecule has 0 saturated carbocycles. The Hall–Kier alpha value is -2.24. The molecule has 104 valence electrons. The number of aryl methyl sites for hydroxylation is 1. The van der Waals surface area contributed by atoms with Crippen LogP contribution in [0.25, 0.3) is 0 Å². The van der Waals surface area contributed by atoms with Gasteiger partial charge in [-0.15, -0.1) is 0 Å². The Morgan fingerprint density at radius 2 is 1.89 bits per heavy atom. The molecule has 0 aliphatic heterocycles. The summed E-state index contributed by atoms with van der Waals surface area (Å²) in [6.07, 6.45) is 0.0731. The molecule has 0 spiro atoms. The molecule has 0 saturated heterocycles. The highest BCUT2D eigenvalue weighted by molar-refractivity contribution is 5.79.